The molecule has 0 unspecified atom stereocenters. The van der Waals surface area contributed by atoms with Gasteiger partial charge in [0.05, 0.1) is 5.69 Å². The summed E-state index contributed by atoms with van der Waals surface area (Å²) in [7, 11) is 0. The molecule has 118 valence electrons. The molecule has 4 nitrogen and oxygen atoms in total. The van der Waals surface area contributed by atoms with E-state index in [0.717, 1.165) is 23.4 Å². The van der Waals surface area contributed by atoms with Crippen molar-refractivity contribution >= 4 is 18.1 Å². The highest BCUT2D eigenvalue weighted by atomic mass is 16.1. The van der Waals surface area contributed by atoms with E-state index >= 15 is 0 Å². The molecule has 0 spiro atoms. The van der Waals surface area contributed by atoms with Gasteiger partial charge in [-0.05, 0) is 25.8 Å². The minimum absolute atomic E-state index is 0. The fourth-order valence-electron chi connectivity index (χ4n) is 1.80. The van der Waals surface area contributed by atoms with Gasteiger partial charge >= 0.3 is 0 Å². The van der Waals surface area contributed by atoms with Crippen LogP contribution in [0.15, 0.2) is 11.6 Å². The second-order valence-electron chi connectivity index (χ2n) is 5.28. The van der Waals surface area contributed by atoms with Crippen LogP contribution in [0.5, 0.6) is 0 Å². The Morgan fingerprint density at radius 1 is 1.38 bits per heavy atom. The first-order valence-electron chi connectivity index (χ1n) is 7.08. The molecule has 0 atom stereocenters. The van der Waals surface area contributed by atoms with E-state index in [0.29, 0.717) is 12.5 Å². The van der Waals surface area contributed by atoms with Crippen molar-refractivity contribution in [1.29, 1.82) is 0 Å². The molecule has 0 saturated heterocycles. The quantitative estimate of drug-likeness (QED) is 0.837. The SMILES string of the molecule is C.C/C=C\c1n[nH]c(CCNC(C)=O)c1/C=C(\C)C(C)C. The molecular formula is C17H29N3O. The summed E-state index contributed by atoms with van der Waals surface area (Å²) in [5.41, 5.74) is 4.45. The number of nitrogens with one attached hydrogen (secondary N) is 2. The first-order valence-corrected chi connectivity index (χ1v) is 7.08. The molecule has 0 saturated carbocycles. The van der Waals surface area contributed by atoms with Crippen LogP contribution >= 0.6 is 0 Å². The Bertz CT molecular complexity index is 510. The van der Waals surface area contributed by atoms with Gasteiger partial charge in [-0.1, -0.05) is 39.0 Å². The van der Waals surface area contributed by atoms with Gasteiger partial charge in [-0.2, -0.15) is 5.10 Å². The van der Waals surface area contributed by atoms with Crippen LogP contribution in [0.1, 0.15) is 59.0 Å². The highest BCUT2D eigenvalue weighted by molar-refractivity contribution is 5.72. The average Bonchev–Trinajstić information content (AvgIpc) is 2.72. The van der Waals surface area contributed by atoms with Gasteiger partial charge in [0.1, 0.15) is 0 Å². The van der Waals surface area contributed by atoms with Crippen LogP contribution in [0, 0.1) is 5.92 Å². The monoisotopic (exact) mass is 291 g/mol. The van der Waals surface area contributed by atoms with Gasteiger partial charge in [0, 0.05) is 31.1 Å². The second kappa shape index (κ2) is 9.16. The molecule has 1 rings (SSSR count). The Labute approximate surface area is 128 Å². The molecule has 0 aromatic carbocycles. The average molecular weight is 291 g/mol. The topological polar surface area (TPSA) is 57.8 Å². The normalized spacial score (nSPS) is 11.8. The Morgan fingerprint density at radius 3 is 2.57 bits per heavy atom. The lowest BCUT2D eigenvalue weighted by Crippen LogP contribution is -2.22. The Hall–Kier alpha value is -1.84. The Balaban J connectivity index is 0.00000400. The third-order valence-electron chi connectivity index (χ3n) is 3.27. The fourth-order valence-corrected chi connectivity index (χ4v) is 1.80. The van der Waals surface area contributed by atoms with Crippen molar-refractivity contribution < 1.29 is 4.79 Å². The number of hydrogen-bond acceptors (Lipinski definition) is 2. The van der Waals surface area contributed by atoms with E-state index < -0.39 is 0 Å². The summed E-state index contributed by atoms with van der Waals surface area (Å²) >= 11 is 0. The lowest BCUT2D eigenvalue weighted by Gasteiger charge is -2.06. The van der Waals surface area contributed by atoms with Crippen LogP contribution in [0.2, 0.25) is 0 Å². The summed E-state index contributed by atoms with van der Waals surface area (Å²) < 4.78 is 0. The van der Waals surface area contributed by atoms with Gasteiger partial charge in [0.25, 0.3) is 0 Å². The summed E-state index contributed by atoms with van der Waals surface area (Å²) in [6.07, 6.45) is 6.92. The van der Waals surface area contributed by atoms with Gasteiger partial charge in [-0.3, -0.25) is 9.89 Å². The fraction of sp³-hybridized carbons (Fsp3) is 0.529. The smallest absolute Gasteiger partial charge is 0.216 e. The van der Waals surface area contributed by atoms with E-state index in [9.17, 15) is 4.79 Å². The number of carbonyl (C=O) groups excluding carboxylic acids is 1. The van der Waals surface area contributed by atoms with E-state index in [1.165, 1.54) is 12.5 Å². The van der Waals surface area contributed by atoms with E-state index in [-0.39, 0.29) is 13.3 Å². The molecule has 0 fully saturated rings. The van der Waals surface area contributed by atoms with E-state index in [4.69, 9.17) is 0 Å². The number of rotatable bonds is 6. The second-order valence-corrected chi connectivity index (χ2v) is 5.28. The van der Waals surface area contributed by atoms with Gasteiger partial charge in [-0.15, -0.1) is 0 Å². The molecule has 0 aliphatic carbocycles. The van der Waals surface area contributed by atoms with Crippen molar-refractivity contribution in [2.75, 3.05) is 6.54 Å². The summed E-state index contributed by atoms with van der Waals surface area (Å²) in [4.78, 5) is 10.9. The number of allylic oxidation sites excluding steroid dienone is 2. The van der Waals surface area contributed by atoms with E-state index in [2.05, 4.69) is 42.4 Å². The number of H-pyrrole nitrogens is 1. The zero-order valence-electron chi connectivity index (χ0n) is 13.1. The van der Waals surface area contributed by atoms with Gasteiger partial charge in [0.15, 0.2) is 0 Å². The van der Waals surface area contributed by atoms with Crippen LogP contribution < -0.4 is 5.32 Å². The lowest BCUT2D eigenvalue weighted by molar-refractivity contribution is -0.118. The zero-order valence-corrected chi connectivity index (χ0v) is 13.1. The molecular weight excluding hydrogens is 262 g/mol. The molecule has 1 aromatic rings. The standard InChI is InChI=1S/C16H25N3O.CH4/c1-6-7-15-14(10-12(4)11(2)3)16(19-18-15)8-9-17-13(5)20;/h6-7,10-11H,8-9H2,1-5H3,(H,17,20)(H,18,19);1H4/b7-6-,12-10+;. The first kappa shape index (κ1) is 19.2. The Kier molecular flexibility index (Phi) is 8.36. The molecule has 1 amide bonds. The molecule has 0 bridgehead atoms. The van der Waals surface area contributed by atoms with Crippen molar-refractivity contribution in [3.8, 4) is 0 Å². The number of nitrogens with zero attached hydrogens (tertiary/aromatic N) is 1. The summed E-state index contributed by atoms with van der Waals surface area (Å²) in [6.45, 7) is 10.6. The third kappa shape index (κ3) is 5.98. The molecule has 1 aromatic heterocycles. The molecule has 0 aliphatic rings. The Morgan fingerprint density at radius 2 is 2.05 bits per heavy atom. The highest BCUT2D eigenvalue weighted by Crippen LogP contribution is 2.20. The van der Waals surface area contributed by atoms with Crippen molar-refractivity contribution in [3.05, 3.63) is 28.6 Å². The largest absolute Gasteiger partial charge is 0.356 e. The minimum Gasteiger partial charge on any atom is -0.356 e. The summed E-state index contributed by atoms with van der Waals surface area (Å²) in [5, 5.41) is 10.2. The number of amides is 1. The third-order valence-corrected chi connectivity index (χ3v) is 3.27. The maximum absolute atomic E-state index is 10.9. The van der Waals surface area contributed by atoms with Crippen LogP contribution in [0.4, 0.5) is 0 Å². The van der Waals surface area contributed by atoms with E-state index in [1.54, 1.807) is 0 Å². The van der Waals surface area contributed by atoms with Crippen molar-refractivity contribution in [3.63, 3.8) is 0 Å². The number of aromatic nitrogens is 2. The number of aromatic amines is 1. The van der Waals surface area contributed by atoms with Gasteiger partial charge in [0.2, 0.25) is 5.91 Å². The molecule has 2 N–H and O–H groups in total. The molecule has 0 radical (unpaired) electrons. The summed E-state index contributed by atoms with van der Waals surface area (Å²) in [5.74, 6) is 0.500. The lowest BCUT2D eigenvalue weighted by atomic mass is 10.00. The molecule has 0 aliphatic heterocycles. The van der Waals surface area contributed by atoms with Gasteiger partial charge < -0.3 is 5.32 Å². The number of carbonyl (C=O) groups is 1. The maximum Gasteiger partial charge on any atom is 0.216 e. The minimum atomic E-state index is -0.00588. The molecule has 4 heteroatoms. The van der Waals surface area contributed by atoms with Crippen molar-refractivity contribution in [2.24, 2.45) is 5.92 Å². The highest BCUT2D eigenvalue weighted by Gasteiger charge is 2.10. The maximum atomic E-state index is 10.9. The van der Waals surface area contributed by atoms with Crippen LogP contribution in [0.25, 0.3) is 12.2 Å². The van der Waals surface area contributed by atoms with Crippen molar-refractivity contribution in [2.45, 2.75) is 48.5 Å². The van der Waals surface area contributed by atoms with Crippen LogP contribution in [-0.2, 0) is 11.2 Å². The van der Waals surface area contributed by atoms with Crippen LogP contribution in [-0.4, -0.2) is 22.6 Å². The zero-order chi connectivity index (χ0) is 15.1. The molecule has 21 heavy (non-hydrogen) atoms. The van der Waals surface area contributed by atoms with Gasteiger partial charge in [-0.25, -0.2) is 0 Å². The number of hydrogen-bond donors (Lipinski definition) is 2. The van der Waals surface area contributed by atoms with Crippen LogP contribution in [0.3, 0.4) is 0 Å². The van der Waals surface area contributed by atoms with E-state index in [1.807, 2.05) is 19.1 Å². The predicted octanol–water partition coefficient (Wildman–Crippen LogP) is 3.82. The molecule has 1 heterocycles. The first-order chi connectivity index (χ1) is 9.45. The van der Waals surface area contributed by atoms with Crippen molar-refractivity contribution in [1.82, 2.24) is 15.5 Å². The summed E-state index contributed by atoms with van der Waals surface area (Å²) in [6, 6.07) is 0. The predicted molar refractivity (Wildman–Crippen MR) is 90.9 cm³/mol.